The fourth-order valence-electron chi connectivity index (χ4n) is 1.14. The molecule has 1 aliphatic rings. The van der Waals surface area contributed by atoms with Gasteiger partial charge in [0.2, 0.25) is 0 Å². The summed E-state index contributed by atoms with van der Waals surface area (Å²) in [6, 6.07) is 3.67. The Morgan fingerprint density at radius 1 is 1.55 bits per heavy atom. The first kappa shape index (κ1) is 7.10. The molecule has 58 valence electrons. The van der Waals surface area contributed by atoms with Crippen molar-refractivity contribution < 1.29 is 9.21 Å². The van der Waals surface area contributed by atoms with E-state index in [2.05, 4.69) is 15.9 Å². The van der Waals surface area contributed by atoms with Crippen molar-refractivity contribution in [2.75, 3.05) is 0 Å². The fraction of sp³-hybridized carbons (Fsp3) is 0.375. The lowest BCUT2D eigenvalue weighted by Crippen LogP contribution is -2.05. The van der Waals surface area contributed by atoms with E-state index in [1.54, 1.807) is 0 Å². The van der Waals surface area contributed by atoms with E-state index < -0.39 is 0 Å². The zero-order valence-electron chi connectivity index (χ0n) is 5.84. The highest BCUT2D eigenvalue weighted by Gasteiger charge is 2.47. The van der Waals surface area contributed by atoms with Crippen LogP contribution in [-0.2, 0) is 10.2 Å². The topological polar surface area (TPSA) is 30.2 Å². The minimum absolute atomic E-state index is 0.272. The largest absolute Gasteiger partial charge is 0.453 e. The number of halogens is 1. The summed E-state index contributed by atoms with van der Waals surface area (Å²) < 4.78 is 5.98. The molecule has 0 aliphatic heterocycles. The van der Waals surface area contributed by atoms with Gasteiger partial charge in [-0.05, 0) is 40.9 Å². The van der Waals surface area contributed by atoms with Crippen LogP contribution in [0.3, 0.4) is 0 Å². The van der Waals surface area contributed by atoms with Crippen LogP contribution in [0.5, 0.6) is 0 Å². The number of hydrogen-bond acceptors (Lipinski definition) is 2. The van der Waals surface area contributed by atoms with Gasteiger partial charge in [-0.15, -0.1) is 0 Å². The molecule has 0 N–H and O–H groups in total. The summed E-state index contributed by atoms with van der Waals surface area (Å²) >= 11 is 3.20. The standard InChI is InChI=1S/C8H7BrO2/c9-7-2-1-6(11-7)8(5-10)3-4-8/h1-2,5H,3-4H2. The lowest BCUT2D eigenvalue weighted by Gasteiger charge is -1.99. The minimum Gasteiger partial charge on any atom is -0.453 e. The first-order chi connectivity index (χ1) is 5.27. The molecule has 0 radical (unpaired) electrons. The van der Waals surface area contributed by atoms with Crippen LogP contribution in [0.25, 0.3) is 0 Å². The van der Waals surface area contributed by atoms with Crippen LogP contribution < -0.4 is 0 Å². The molecule has 1 aromatic heterocycles. The minimum atomic E-state index is -0.272. The number of carbonyl (C=O) groups is 1. The van der Waals surface area contributed by atoms with Gasteiger partial charge in [-0.25, -0.2) is 0 Å². The van der Waals surface area contributed by atoms with Gasteiger partial charge in [0.25, 0.3) is 0 Å². The molecule has 0 atom stereocenters. The number of aldehydes is 1. The van der Waals surface area contributed by atoms with Crippen LogP contribution in [0.2, 0.25) is 0 Å². The number of hydrogen-bond donors (Lipinski definition) is 0. The molecule has 2 rings (SSSR count). The molecule has 1 fully saturated rings. The predicted molar refractivity (Wildman–Crippen MR) is 43.4 cm³/mol. The van der Waals surface area contributed by atoms with Crippen LogP contribution in [-0.4, -0.2) is 6.29 Å². The molecule has 0 unspecified atom stereocenters. The SMILES string of the molecule is O=CC1(c2ccc(Br)o2)CC1. The molecule has 1 heterocycles. The fourth-order valence-corrected chi connectivity index (χ4v) is 1.45. The summed E-state index contributed by atoms with van der Waals surface area (Å²) in [6.07, 6.45) is 2.84. The van der Waals surface area contributed by atoms with Crippen molar-refractivity contribution in [2.24, 2.45) is 0 Å². The van der Waals surface area contributed by atoms with Crippen molar-refractivity contribution in [3.63, 3.8) is 0 Å². The Kier molecular flexibility index (Phi) is 1.42. The average Bonchev–Trinajstić information content (AvgIpc) is 2.70. The maximum Gasteiger partial charge on any atom is 0.169 e. The second kappa shape index (κ2) is 2.21. The van der Waals surface area contributed by atoms with Gasteiger partial charge >= 0.3 is 0 Å². The van der Waals surface area contributed by atoms with Crippen molar-refractivity contribution in [1.29, 1.82) is 0 Å². The predicted octanol–water partition coefficient (Wildman–Crippen LogP) is 2.27. The molecule has 1 aliphatic carbocycles. The molecule has 0 spiro atoms. The van der Waals surface area contributed by atoms with E-state index in [1.165, 1.54) is 0 Å². The zero-order chi connectivity index (χ0) is 7.90. The maximum absolute atomic E-state index is 10.6. The number of furan rings is 1. The zero-order valence-corrected chi connectivity index (χ0v) is 7.43. The van der Waals surface area contributed by atoms with Crippen LogP contribution >= 0.6 is 15.9 Å². The van der Waals surface area contributed by atoms with E-state index in [4.69, 9.17) is 4.42 Å². The first-order valence-electron chi connectivity index (χ1n) is 3.49. The van der Waals surface area contributed by atoms with E-state index >= 15 is 0 Å². The summed E-state index contributed by atoms with van der Waals surface area (Å²) in [4.78, 5) is 10.6. The Labute approximate surface area is 72.7 Å². The summed E-state index contributed by atoms with van der Waals surface area (Å²) in [5.74, 6) is 0.791. The molecule has 1 saturated carbocycles. The Morgan fingerprint density at radius 3 is 2.64 bits per heavy atom. The molecule has 11 heavy (non-hydrogen) atoms. The lowest BCUT2D eigenvalue weighted by atomic mass is 10.1. The van der Waals surface area contributed by atoms with E-state index in [1.807, 2.05) is 12.1 Å². The second-order valence-corrected chi connectivity index (χ2v) is 3.66. The summed E-state index contributed by atoms with van der Waals surface area (Å²) in [5.41, 5.74) is -0.272. The van der Waals surface area contributed by atoms with Crippen molar-refractivity contribution in [2.45, 2.75) is 18.3 Å². The van der Waals surface area contributed by atoms with Crippen molar-refractivity contribution in [1.82, 2.24) is 0 Å². The van der Waals surface area contributed by atoms with Crippen LogP contribution in [0.4, 0.5) is 0 Å². The molecular weight excluding hydrogens is 208 g/mol. The van der Waals surface area contributed by atoms with Crippen LogP contribution in [0.15, 0.2) is 21.2 Å². The molecule has 1 aromatic rings. The van der Waals surface area contributed by atoms with Crippen molar-refractivity contribution in [3.8, 4) is 0 Å². The van der Waals surface area contributed by atoms with Gasteiger partial charge in [0.1, 0.15) is 12.0 Å². The number of carbonyl (C=O) groups excluding carboxylic acids is 1. The van der Waals surface area contributed by atoms with Crippen molar-refractivity contribution in [3.05, 3.63) is 22.6 Å². The lowest BCUT2D eigenvalue weighted by molar-refractivity contribution is -0.110. The third-order valence-corrected chi connectivity index (χ3v) is 2.50. The molecule has 2 nitrogen and oxygen atoms in total. The Morgan fingerprint density at radius 2 is 2.27 bits per heavy atom. The number of rotatable bonds is 2. The van der Waals surface area contributed by atoms with E-state index in [0.29, 0.717) is 4.67 Å². The maximum atomic E-state index is 10.6. The van der Waals surface area contributed by atoms with Gasteiger partial charge < -0.3 is 9.21 Å². The van der Waals surface area contributed by atoms with E-state index in [0.717, 1.165) is 24.9 Å². The van der Waals surface area contributed by atoms with Crippen LogP contribution in [0.1, 0.15) is 18.6 Å². The first-order valence-corrected chi connectivity index (χ1v) is 4.28. The van der Waals surface area contributed by atoms with Gasteiger partial charge in [-0.2, -0.15) is 0 Å². The molecule has 0 saturated heterocycles. The van der Waals surface area contributed by atoms with Crippen LogP contribution in [0, 0.1) is 0 Å². The molecule has 0 aromatic carbocycles. The van der Waals surface area contributed by atoms with E-state index in [9.17, 15) is 4.79 Å². The van der Waals surface area contributed by atoms with Gasteiger partial charge in [-0.3, -0.25) is 0 Å². The third kappa shape index (κ3) is 1.03. The molecule has 3 heteroatoms. The Hall–Kier alpha value is -0.570. The highest BCUT2D eigenvalue weighted by molar-refractivity contribution is 9.10. The summed E-state index contributed by atoms with van der Waals surface area (Å²) in [6.45, 7) is 0. The van der Waals surface area contributed by atoms with Gasteiger partial charge in [0, 0.05) is 0 Å². The average molecular weight is 215 g/mol. The van der Waals surface area contributed by atoms with Gasteiger partial charge in [0.05, 0.1) is 5.41 Å². The smallest absolute Gasteiger partial charge is 0.169 e. The van der Waals surface area contributed by atoms with Gasteiger partial charge in [0.15, 0.2) is 4.67 Å². The summed E-state index contributed by atoms with van der Waals surface area (Å²) in [5, 5.41) is 0. The molecular formula is C8H7BrO2. The van der Waals surface area contributed by atoms with Crippen molar-refractivity contribution >= 4 is 22.2 Å². The summed E-state index contributed by atoms with van der Waals surface area (Å²) in [7, 11) is 0. The molecule has 0 amide bonds. The second-order valence-electron chi connectivity index (χ2n) is 2.88. The Balaban J connectivity index is 2.36. The molecule has 0 bridgehead atoms. The monoisotopic (exact) mass is 214 g/mol. The van der Waals surface area contributed by atoms with Gasteiger partial charge in [-0.1, -0.05) is 0 Å². The normalized spacial score (nSPS) is 19.7. The Bertz CT molecular complexity index is 286. The highest BCUT2D eigenvalue weighted by Crippen LogP contribution is 2.47. The third-order valence-electron chi connectivity index (χ3n) is 2.08. The van der Waals surface area contributed by atoms with E-state index in [-0.39, 0.29) is 5.41 Å². The highest BCUT2D eigenvalue weighted by atomic mass is 79.9. The quantitative estimate of drug-likeness (QED) is 0.708.